The van der Waals surface area contributed by atoms with Crippen molar-refractivity contribution in [3.8, 4) is 11.5 Å². The molecular weight excluding hydrogens is 362 g/mol. The number of aliphatic hydroxyl groups excluding tert-OH is 1. The summed E-state index contributed by atoms with van der Waals surface area (Å²) in [6.07, 6.45) is 2.01. The maximum absolute atomic E-state index is 9.20. The van der Waals surface area contributed by atoms with Crippen LogP contribution in [0.1, 0.15) is 48.6 Å². The lowest BCUT2D eigenvalue weighted by atomic mass is 10.0. The maximum atomic E-state index is 9.20. The minimum atomic E-state index is 0.00686. The lowest BCUT2D eigenvalue weighted by Crippen LogP contribution is -2.28. The number of fused-ring (bicyclic) bond motifs is 1. The minimum absolute atomic E-state index is 0.00686. The first-order valence-corrected chi connectivity index (χ1v) is 9.95. The largest absolute Gasteiger partial charge is 0.493 e. The van der Waals surface area contributed by atoms with Gasteiger partial charge in [0.05, 0.1) is 18.2 Å². The van der Waals surface area contributed by atoms with E-state index >= 15 is 0 Å². The molecule has 0 saturated heterocycles. The van der Waals surface area contributed by atoms with Gasteiger partial charge >= 0.3 is 0 Å². The van der Waals surface area contributed by atoms with Gasteiger partial charge in [-0.15, -0.1) is 0 Å². The maximum Gasteiger partial charge on any atom is 0.142 e. The van der Waals surface area contributed by atoms with Gasteiger partial charge in [-0.3, -0.25) is 0 Å². The predicted octanol–water partition coefficient (Wildman–Crippen LogP) is 4.58. The highest BCUT2D eigenvalue weighted by Gasteiger charge is 2.26. The molecule has 3 rings (SSSR count). The molecule has 0 unspecified atom stereocenters. The fourth-order valence-corrected chi connectivity index (χ4v) is 3.75. The van der Waals surface area contributed by atoms with Crippen molar-refractivity contribution in [3.63, 3.8) is 0 Å². The quantitative estimate of drug-likeness (QED) is 0.693. The highest BCUT2D eigenvalue weighted by atomic mass is 35.5. The van der Waals surface area contributed by atoms with Crippen LogP contribution in [0.4, 0.5) is 0 Å². The number of benzene rings is 2. The molecule has 0 radical (unpaired) electrons. The number of aliphatic hydroxyl groups is 1. The van der Waals surface area contributed by atoms with Gasteiger partial charge in [0, 0.05) is 24.2 Å². The number of hydrogen-bond acceptors (Lipinski definition) is 4. The summed E-state index contributed by atoms with van der Waals surface area (Å²) >= 11 is 6.53. The Hall–Kier alpha value is -1.75. The Balaban J connectivity index is 1.82. The molecule has 0 saturated carbocycles. The second-order valence-corrected chi connectivity index (χ2v) is 7.48. The Morgan fingerprint density at radius 1 is 1.30 bits per heavy atom. The summed E-state index contributed by atoms with van der Waals surface area (Å²) in [5.74, 6) is 1.41. The van der Waals surface area contributed by atoms with Gasteiger partial charge in [0.2, 0.25) is 0 Å². The summed E-state index contributed by atoms with van der Waals surface area (Å²) in [5.41, 5.74) is 4.92. The number of halogens is 1. The summed E-state index contributed by atoms with van der Waals surface area (Å²) in [7, 11) is 0. The average Bonchev–Trinajstić information content (AvgIpc) is 3.07. The van der Waals surface area contributed by atoms with Crippen LogP contribution in [0.3, 0.4) is 0 Å². The molecule has 0 bridgehead atoms. The summed E-state index contributed by atoms with van der Waals surface area (Å²) in [4.78, 5) is 0. The highest BCUT2D eigenvalue weighted by molar-refractivity contribution is 6.32. The minimum Gasteiger partial charge on any atom is -0.493 e. The number of ether oxygens (including phenoxy) is 2. The van der Waals surface area contributed by atoms with Crippen molar-refractivity contribution in [2.75, 3.05) is 13.2 Å². The van der Waals surface area contributed by atoms with E-state index < -0.39 is 0 Å². The third-order valence-corrected chi connectivity index (χ3v) is 5.34. The zero-order chi connectivity index (χ0) is 19.4. The summed E-state index contributed by atoms with van der Waals surface area (Å²) in [5, 5.41) is 13.0. The summed E-state index contributed by atoms with van der Waals surface area (Å²) in [6, 6.07) is 10.2. The van der Waals surface area contributed by atoms with E-state index in [9.17, 15) is 5.11 Å². The van der Waals surface area contributed by atoms with Crippen LogP contribution >= 0.6 is 11.6 Å². The van der Waals surface area contributed by atoms with E-state index in [2.05, 4.69) is 30.4 Å². The van der Waals surface area contributed by atoms with Crippen molar-refractivity contribution >= 4 is 11.6 Å². The lowest BCUT2D eigenvalue weighted by molar-refractivity contribution is 0.206. The molecule has 1 aliphatic rings. The third kappa shape index (κ3) is 4.57. The zero-order valence-electron chi connectivity index (χ0n) is 16.2. The zero-order valence-corrected chi connectivity index (χ0v) is 17.0. The second-order valence-electron chi connectivity index (χ2n) is 7.08. The molecule has 0 fully saturated rings. The molecule has 2 aromatic rings. The van der Waals surface area contributed by atoms with Crippen molar-refractivity contribution in [1.82, 2.24) is 5.32 Å². The molecule has 0 aliphatic heterocycles. The van der Waals surface area contributed by atoms with E-state index in [-0.39, 0.29) is 18.8 Å². The average molecular weight is 390 g/mol. The first-order valence-electron chi connectivity index (χ1n) is 9.58. The number of hydrogen-bond donors (Lipinski definition) is 2. The molecule has 5 heteroatoms. The van der Waals surface area contributed by atoms with Crippen molar-refractivity contribution < 1.29 is 14.6 Å². The first kappa shape index (κ1) is 20.0. The normalized spacial score (nSPS) is 16.9. The highest BCUT2D eigenvalue weighted by Crippen LogP contribution is 2.40. The molecule has 1 aliphatic carbocycles. The Labute approximate surface area is 166 Å². The van der Waals surface area contributed by atoms with Crippen LogP contribution in [0.25, 0.3) is 0 Å². The van der Waals surface area contributed by atoms with Crippen molar-refractivity contribution in [3.05, 3.63) is 57.6 Å². The van der Waals surface area contributed by atoms with Gasteiger partial charge in [-0.05, 0) is 56.4 Å². The van der Waals surface area contributed by atoms with Crippen LogP contribution in [0.15, 0.2) is 30.3 Å². The Morgan fingerprint density at radius 3 is 2.85 bits per heavy atom. The Morgan fingerprint density at radius 2 is 2.11 bits per heavy atom. The third-order valence-electron chi connectivity index (χ3n) is 5.05. The number of nitrogens with one attached hydrogen (secondary N) is 1. The van der Waals surface area contributed by atoms with E-state index in [4.69, 9.17) is 21.1 Å². The summed E-state index contributed by atoms with van der Waals surface area (Å²) < 4.78 is 12.1. The van der Waals surface area contributed by atoms with Crippen LogP contribution in [0.2, 0.25) is 5.02 Å². The number of aryl methyl sites for hydroxylation is 1. The molecule has 0 spiro atoms. The smallest absolute Gasteiger partial charge is 0.142 e. The Bertz CT molecular complexity index is 793. The molecule has 2 atom stereocenters. The van der Waals surface area contributed by atoms with Crippen LogP contribution in [0.5, 0.6) is 11.5 Å². The van der Waals surface area contributed by atoms with Gasteiger partial charge < -0.3 is 19.9 Å². The van der Waals surface area contributed by atoms with E-state index in [1.807, 2.05) is 26.0 Å². The predicted molar refractivity (Wildman–Crippen MR) is 109 cm³/mol. The van der Waals surface area contributed by atoms with Crippen LogP contribution in [-0.4, -0.2) is 24.4 Å². The summed E-state index contributed by atoms with van der Waals surface area (Å²) in [6.45, 7) is 7.26. The van der Waals surface area contributed by atoms with Gasteiger partial charge in [0.1, 0.15) is 17.6 Å². The molecule has 146 valence electrons. The van der Waals surface area contributed by atoms with Crippen molar-refractivity contribution in [1.29, 1.82) is 0 Å². The van der Waals surface area contributed by atoms with E-state index in [1.54, 1.807) is 0 Å². The SMILES string of the molecule is CCOc1cc(O[C@H]2CCc3c(C)cccc32)c(Cl)cc1CN[C@@H](C)CO. The van der Waals surface area contributed by atoms with Gasteiger partial charge in [0.15, 0.2) is 0 Å². The molecule has 2 N–H and O–H groups in total. The van der Waals surface area contributed by atoms with Crippen LogP contribution in [-0.2, 0) is 13.0 Å². The van der Waals surface area contributed by atoms with E-state index in [0.717, 1.165) is 24.2 Å². The second kappa shape index (κ2) is 8.96. The molecule has 0 amide bonds. The Kier molecular flexibility index (Phi) is 6.64. The van der Waals surface area contributed by atoms with Crippen LogP contribution in [0, 0.1) is 6.92 Å². The van der Waals surface area contributed by atoms with Gasteiger partial charge in [-0.25, -0.2) is 0 Å². The van der Waals surface area contributed by atoms with Gasteiger partial charge in [0.25, 0.3) is 0 Å². The van der Waals surface area contributed by atoms with E-state index in [1.165, 1.54) is 16.7 Å². The van der Waals surface area contributed by atoms with Crippen molar-refractivity contribution in [2.45, 2.75) is 52.3 Å². The molecule has 27 heavy (non-hydrogen) atoms. The van der Waals surface area contributed by atoms with Gasteiger partial charge in [-0.1, -0.05) is 29.8 Å². The molecule has 0 heterocycles. The van der Waals surface area contributed by atoms with Crippen LogP contribution < -0.4 is 14.8 Å². The standard InChI is InChI=1S/C22H28ClNO3/c1-4-26-21-11-22(19(23)10-16(21)12-24-15(3)13-25)27-20-9-8-17-14(2)6-5-7-18(17)20/h5-7,10-11,15,20,24-25H,4,8-9,12-13H2,1-3H3/t15-,20-/m0/s1. The fourth-order valence-electron chi connectivity index (χ4n) is 3.52. The van der Waals surface area contributed by atoms with Crippen molar-refractivity contribution in [2.24, 2.45) is 0 Å². The topological polar surface area (TPSA) is 50.7 Å². The molecule has 0 aromatic heterocycles. The fraction of sp³-hybridized carbons (Fsp3) is 0.455. The number of rotatable bonds is 8. The molecule has 2 aromatic carbocycles. The lowest BCUT2D eigenvalue weighted by Gasteiger charge is -2.20. The van der Waals surface area contributed by atoms with E-state index in [0.29, 0.717) is 23.9 Å². The first-order chi connectivity index (χ1) is 13.0. The van der Waals surface area contributed by atoms with Gasteiger partial charge in [-0.2, -0.15) is 0 Å². The monoisotopic (exact) mass is 389 g/mol. The molecular formula is C22H28ClNO3. The molecule has 4 nitrogen and oxygen atoms in total.